The van der Waals surface area contributed by atoms with Crippen LogP contribution in [0.4, 0.5) is 4.39 Å². The van der Waals surface area contributed by atoms with Gasteiger partial charge in [0.15, 0.2) is 0 Å². The SMILES string of the molecule is CCCC[C@@H](F)[C@@H]1[C@@H](c2ccccc2)[C@H](C)N1C. The van der Waals surface area contributed by atoms with Crippen molar-refractivity contribution in [3.8, 4) is 0 Å². The third-order valence-electron chi connectivity index (χ3n) is 4.39. The van der Waals surface area contributed by atoms with Crippen LogP contribution < -0.4 is 0 Å². The molecule has 0 amide bonds. The maximum absolute atomic E-state index is 14.4. The van der Waals surface area contributed by atoms with Gasteiger partial charge in [-0.25, -0.2) is 4.39 Å². The van der Waals surface area contributed by atoms with E-state index in [4.69, 9.17) is 0 Å². The monoisotopic (exact) mass is 249 g/mol. The minimum Gasteiger partial charge on any atom is -0.297 e. The Kier molecular flexibility index (Phi) is 4.39. The van der Waals surface area contributed by atoms with Gasteiger partial charge in [-0.2, -0.15) is 0 Å². The van der Waals surface area contributed by atoms with E-state index in [-0.39, 0.29) is 6.04 Å². The van der Waals surface area contributed by atoms with Crippen molar-refractivity contribution in [3.63, 3.8) is 0 Å². The number of alkyl halides is 1. The number of halogens is 1. The van der Waals surface area contributed by atoms with E-state index in [0.29, 0.717) is 18.4 Å². The molecule has 4 atom stereocenters. The molecule has 0 aliphatic carbocycles. The van der Waals surface area contributed by atoms with Gasteiger partial charge < -0.3 is 0 Å². The normalized spacial score (nSPS) is 29.9. The molecule has 2 rings (SSSR count). The molecule has 1 saturated heterocycles. The van der Waals surface area contributed by atoms with Crippen LogP contribution in [-0.4, -0.2) is 30.2 Å². The number of rotatable bonds is 5. The van der Waals surface area contributed by atoms with Crippen LogP contribution in [0.25, 0.3) is 0 Å². The molecule has 0 bridgehead atoms. The maximum atomic E-state index is 14.4. The molecule has 0 aromatic heterocycles. The summed E-state index contributed by atoms with van der Waals surface area (Å²) in [6.07, 6.45) is 2.06. The van der Waals surface area contributed by atoms with Gasteiger partial charge in [0.2, 0.25) is 0 Å². The molecule has 0 unspecified atom stereocenters. The summed E-state index contributed by atoms with van der Waals surface area (Å²) in [5.74, 6) is 0.350. The second-order valence-corrected chi connectivity index (χ2v) is 5.49. The summed E-state index contributed by atoms with van der Waals surface area (Å²) < 4.78 is 14.4. The largest absolute Gasteiger partial charge is 0.297 e. The highest BCUT2D eigenvalue weighted by atomic mass is 19.1. The Morgan fingerprint density at radius 2 is 1.94 bits per heavy atom. The summed E-state index contributed by atoms with van der Waals surface area (Å²) in [6.45, 7) is 4.31. The first-order chi connectivity index (χ1) is 8.66. The Labute approximate surface area is 110 Å². The number of nitrogens with zero attached hydrogens (tertiary/aromatic N) is 1. The van der Waals surface area contributed by atoms with Gasteiger partial charge in [0.25, 0.3) is 0 Å². The van der Waals surface area contributed by atoms with Crippen molar-refractivity contribution >= 4 is 0 Å². The second kappa shape index (κ2) is 5.83. The van der Waals surface area contributed by atoms with Crippen LogP contribution in [0.2, 0.25) is 0 Å². The van der Waals surface area contributed by atoms with Crippen LogP contribution in [0.5, 0.6) is 0 Å². The molecule has 0 spiro atoms. The Morgan fingerprint density at radius 3 is 2.56 bits per heavy atom. The molecular formula is C16H24FN. The van der Waals surface area contributed by atoms with Gasteiger partial charge in [-0.15, -0.1) is 0 Å². The van der Waals surface area contributed by atoms with Crippen molar-refractivity contribution in [3.05, 3.63) is 35.9 Å². The zero-order valence-electron chi connectivity index (χ0n) is 11.6. The third-order valence-corrected chi connectivity index (χ3v) is 4.39. The predicted octanol–water partition coefficient (Wildman–Crippen LogP) is 4.00. The van der Waals surface area contributed by atoms with Crippen LogP contribution in [0.15, 0.2) is 30.3 Å². The lowest BCUT2D eigenvalue weighted by Gasteiger charge is -2.54. The lowest BCUT2D eigenvalue weighted by Crippen LogP contribution is -2.62. The second-order valence-electron chi connectivity index (χ2n) is 5.49. The highest BCUT2D eigenvalue weighted by molar-refractivity contribution is 5.27. The van der Waals surface area contributed by atoms with E-state index in [2.05, 4.69) is 43.0 Å². The molecule has 1 heterocycles. The van der Waals surface area contributed by atoms with Gasteiger partial charge in [0.1, 0.15) is 6.17 Å². The minimum atomic E-state index is -0.698. The smallest absolute Gasteiger partial charge is 0.116 e. The van der Waals surface area contributed by atoms with Gasteiger partial charge in [-0.1, -0.05) is 50.1 Å². The fourth-order valence-corrected chi connectivity index (χ4v) is 3.16. The number of likely N-dealkylation sites (N-methyl/N-ethyl adjacent to an activating group) is 1. The number of hydrogen-bond donors (Lipinski definition) is 0. The van der Waals surface area contributed by atoms with Crippen molar-refractivity contribution < 1.29 is 4.39 Å². The third kappa shape index (κ3) is 2.44. The molecule has 100 valence electrons. The Morgan fingerprint density at radius 1 is 1.28 bits per heavy atom. The molecule has 0 N–H and O–H groups in total. The number of hydrogen-bond acceptors (Lipinski definition) is 1. The lowest BCUT2D eigenvalue weighted by molar-refractivity contribution is -0.0301. The molecule has 1 aliphatic rings. The molecule has 0 radical (unpaired) electrons. The average molecular weight is 249 g/mol. The summed E-state index contributed by atoms with van der Waals surface area (Å²) in [4.78, 5) is 2.19. The molecule has 1 fully saturated rings. The highest BCUT2D eigenvalue weighted by Crippen LogP contribution is 2.42. The van der Waals surface area contributed by atoms with Crippen LogP contribution in [0.1, 0.15) is 44.6 Å². The van der Waals surface area contributed by atoms with E-state index < -0.39 is 6.17 Å². The van der Waals surface area contributed by atoms with Gasteiger partial charge >= 0.3 is 0 Å². The Balaban J connectivity index is 2.09. The maximum Gasteiger partial charge on any atom is 0.116 e. The summed E-state index contributed by atoms with van der Waals surface area (Å²) in [6, 6.07) is 10.9. The Hall–Kier alpha value is -0.890. The standard InChI is InChI=1S/C16H24FN/c1-4-5-11-14(17)16-15(12(2)18(16)3)13-9-7-6-8-10-13/h6-10,12,14-16H,4-5,11H2,1-3H3/t12-,14+,15+,16+/m0/s1. The van der Waals surface area contributed by atoms with Gasteiger partial charge in [0, 0.05) is 18.0 Å². The molecule has 0 saturated carbocycles. The predicted molar refractivity (Wildman–Crippen MR) is 74.6 cm³/mol. The molecule has 2 heteroatoms. The molecule has 1 aromatic rings. The summed E-state index contributed by atoms with van der Waals surface area (Å²) in [5.41, 5.74) is 1.28. The molecular weight excluding hydrogens is 225 g/mol. The summed E-state index contributed by atoms with van der Waals surface area (Å²) in [7, 11) is 2.05. The number of likely N-dealkylation sites (tertiary alicyclic amines) is 1. The van der Waals surface area contributed by atoms with E-state index in [9.17, 15) is 4.39 Å². The molecule has 1 aliphatic heterocycles. The zero-order chi connectivity index (χ0) is 13.1. The Bertz CT molecular complexity index is 365. The van der Waals surface area contributed by atoms with Crippen LogP contribution in [-0.2, 0) is 0 Å². The first-order valence-corrected chi connectivity index (χ1v) is 7.07. The molecule has 1 nitrogen and oxygen atoms in total. The fraction of sp³-hybridized carbons (Fsp3) is 0.625. The van der Waals surface area contributed by atoms with Crippen LogP contribution in [0.3, 0.4) is 0 Å². The molecule has 18 heavy (non-hydrogen) atoms. The molecule has 1 aromatic carbocycles. The zero-order valence-corrected chi connectivity index (χ0v) is 11.6. The average Bonchev–Trinajstić information content (AvgIpc) is 2.41. The summed E-state index contributed by atoms with van der Waals surface area (Å²) in [5, 5.41) is 0. The quantitative estimate of drug-likeness (QED) is 0.762. The van der Waals surface area contributed by atoms with E-state index in [1.807, 2.05) is 13.1 Å². The van der Waals surface area contributed by atoms with Crippen molar-refractivity contribution in [1.82, 2.24) is 4.90 Å². The van der Waals surface area contributed by atoms with Crippen LogP contribution >= 0.6 is 0 Å². The highest BCUT2D eigenvalue weighted by Gasteiger charge is 2.47. The lowest BCUT2D eigenvalue weighted by atomic mass is 9.73. The first kappa shape index (κ1) is 13.5. The minimum absolute atomic E-state index is 0.0638. The van der Waals surface area contributed by atoms with Crippen molar-refractivity contribution in [2.45, 2.75) is 57.3 Å². The van der Waals surface area contributed by atoms with Gasteiger partial charge in [-0.05, 0) is 26.0 Å². The van der Waals surface area contributed by atoms with Gasteiger partial charge in [-0.3, -0.25) is 4.90 Å². The van der Waals surface area contributed by atoms with E-state index in [0.717, 1.165) is 12.8 Å². The fourth-order valence-electron chi connectivity index (χ4n) is 3.16. The van der Waals surface area contributed by atoms with Gasteiger partial charge in [0.05, 0.1) is 0 Å². The number of benzene rings is 1. The van der Waals surface area contributed by atoms with Crippen molar-refractivity contribution in [2.75, 3.05) is 7.05 Å². The van der Waals surface area contributed by atoms with E-state index in [1.54, 1.807) is 0 Å². The van der Waals surface area contributed by atoms with Crippen molar-refractivity contribution in [2.24, 2.45) is 0 Å². The first-order valence-electron chi connectivity index (χ1n) is 7.07. The number of unbranched alkanes of at least 4 members (excludes halogenated alkanes) is 1. The van der Waals surface area contributed by atoms with Crippen molar-refractivity contribution in [1.29, 1.82) is 0 Å². The van der Waals surface area contributed by atoms with E-state index >= 15 is 0 Å². The van der Waals surface area contributed by atoms with E-state index in [1.165, 1.54) is 5.56 Å². The summed E-state index contributed by atoms with van der Waals surface area (Å²) >= 11 is 0. The topological polar surface area (TPSA) is 3.24 Å². The van der Waals surface area contributed by atoms with Crippen LogP contribution in [0, 0.1) is 0 Å².